The van der Waals surface area contributed by atoms with Crippen molar-refractivity contribution in [2.24, 2.45) is 0 Å². The molecule has 0 radical (unpaired) electrons. The maximum absolute atomic E-state index is 12.0. The van der Waals surface area contributed by atoms with Crippen LogP contribution >= 0.6 is 0 Å². The van der Waals surface area contributed by atoms with Crippen molar-refractivity contribution in [3.8, 4) is 0 Å². The number of rotatable bonds is 4. The Labute approximate surface area is 105 Å². The number of carbonyl (C=O) groups excluding carboxylic acids is 1. The van der Waals surface area contributed by atoms with E-state index in [0.29, 0.717) is 12.2 Å². The molecule has 0 atom stereocenters. The van der Waals surface area contributed by atoms with Gasteiger partial charge in [0.25, 0.3) is 5.91 Å². The van der Waals surface area contributed by atoms with Gasteiger partial charge in [-0.05, 0) is 31.9 Å². The van der Waals surface area contributed by atoms with Crippen LogP contribution in [0.2, 0.25) is 0 Å². The van der Waals surface area contributed by atoms with E-state index in [-0.39, 0.29) is 5.91 Å². The second kappa shape index (κ2) is 5.03. The number of nitrogens with zero attached hydrogens (tertiary/aromatic N) is 3. The molecule has 2 N–H and O–H groups in total. The van der Waals surface area contributed by atoms with Crippen molar-refractivity contribution in [1.82, 2.24) is 25.3 Å². The van der Waals surface area contributed by atoms with Crippen LogP contribution in [0.5, 0.6) is 0 Å². The number of likely N-dealkylation sites (N-methyl/N-ethyl adjacent to an activating group) is 1. The van der Waals surface area contributed by atoms with Gasteiger partial charge >= 0.3 is 0 Å². The summed E-state index contributed by atoms with van der Waals surface area (Å²) in [5.74, 6) is -0.0497. The second-order valence-corrected chi connectivity index (χ2v) is 4.36. The first kappa shape index (κ1) is 12.3. The lowest BCUT2D eigenvalue weighted by Crippen LogP contribution is -2.29. The molecule has 2 aromatic rings. The number of hydrogen-bond acceptors (Lipinski definition) is 3. The summed E-state index contributed by atoms with van der Waals surface area (Å²) in [5, 5.41) is 13.5. The SMILES string of the molecule is Cc1n[nH]c(C)c1CCN(C)C(=O)c1ccn[nH]1. The number of aromatic amines is 2. The highest BCUT2D eigenvalue weighted by Crippen LogP contribution is 2.11. The number of amides is 1. The first-order valence-corrected chi connectivity index (χ1v) is 5.85. The summed E-state index contributed by atoms with van der Waals surface area (Å²) in [6, 6.07) is 1.67. The van der Waals surface area contributed by atoms with Crippen molar-refractivity contribution in [1.29, 1.82) is 0 Å². The number of aryl methyl sites for hydroxylation is 2. The van der Waals surface area contributed by atoms with E-state index in [0.717, 1.165) is 17.8 Å². The fourth-order valence-corrected chi connectivity index (χ4v) is 1.90. The average Bonchev–Trinajstić information content (AvgIpc) is 2.97. The Morgan fingerprint density at radius 2 is 2.17 bits per heavy atom. The van der Waals surface area contributed by atoms with Crippen LogP contribution in [0.25, 0.3) is 0 Å². The van der Waals surface area contributed by atoms with Crippen molar-refractivity contribution in [2.45, 2.75) is 20.3 Å². The summed E-state index contributed by atoms with van der Waals surface area (Å²) in [6.45, 7) is 4.61. The van der Waals surface area contributed by atoms with Gasteiger partial charge in [0.2, 0.25) is 0 Å². The normalized spacial score (nSPS) is 10.6. The van der Waals surface area contributed by atoms with Gasteiger partial charge in [0.05, 0.1) is 5.69 Å². The molecule has 6 nitrogen and oxygen atoms in total. The van der Waals surface area contributed by atoms with Gasteiger partial charge in [-0.25, -0.2) is 0 Å². The molecule has 1 amide bonds. The molecule has 96 valence electrons. The highest BCUT2D eigenvalue weighted by Gasteiger charge is 2.14. The van der Waals surface area contributed by atoms with E-state index in [9.17, 15) is 4.79 Å². The molecule has 0 aromatic carbocycles. The minimum absolute atomic E-state index is 0.0497. The zero-order valence-corrected chi connectivity index (χ0v) is 10.8. The van der Waals surface area contributed by atoms with Crippen molar-refractivity contribution in [3.05, 3.63) is 34.9 Å². The molecule has 0 fully saturated rings. The van der Waals surface area contributed by atoms with E-state index in [1.54, 1.807) is 24.2 Å². The summed E-state index contributed by atoms with van der Waals surface area (Å²) in [7, 11) is 1.79. The van der Waals surface area contributed by atoms with Crippen LogP contribution in [0.1, 0.15) is 27.4 Å². The van der Waals surface area contributed by atoms with Crippen LogP contribution in [0.4, 0.5) is 0 Å². The monoisotopic (exact) mass is 247 g/mol. The number of carbonyl (C=O) groups is 1. The molecule has 0 bridgehead atoms. The number of nitrogens with one attached hydrogen (secondary N) is 2. The maximum Gasteiger partial charge on any atom is 0.271 e. The zero-order valence-electron chi connectivity index (χ0n) is 10.8. The van der Waals surface area contributed by atoms with Gasteiger partial charge in [-0.2, -0.15) is 10.2 Å². The Balaban J connectivity index is 1.97. The minimum Gasteiger partial charge on any atom is -0.340 e. The van der Waals surface area contributed by atoms with Crippen LogP contribution < -0.4 is 0 Å². The van der Waals surface area contributed by atoms with Crippen molar-refractivity contribution in [2.75, 3.05) is 13.6 Å². The summed E-state index contributed by atoms with van der Waals surface area (Å²) in [6.07, 6.45) is 2.37. The van der Waals surface area contributed by atoms with Crippen LogP contribution in [0, 0.1) is 13.8 Å². The molecule has 0 aliphatic carbocycles. The van der Waals surface area contributed by atoms with Crippen LogP contribution in [-0.4, -0.2) is 44.8 Å². The third-order valence-electron chi connectivity index (χ3n) is 3.06. The van der Waals surface area contributed by atoms with Gasteiger partial charge in [0, 0.05) is 25.5 Å². The van der Waals surface area contributed by atoms with Crippen molar-refractivity contribution in [3.63, 3.8) is 0 Å². The molecular formula is C12H17N5O. The van der Waals surface area contributed by atoms with E-state index in [2.05, 4.69) is 20.4 Å². The predicted octanol–water partition coefficient (Wildman–Crippen LogP) is 1.06. The van der Waals surface area contributed by atoms with Gasteiger partial charge in [0.1, 0.15) is 5.69 Å². The molecule has 0 spiro atoms. The molecule has 2 heterocycles. The lowest BCUT2D eigenvalue weighted by Gasteiger charge is -2.16. The summed E-state index contributed by atoms with van der Waals surface area (Å²) in [5.41, 5.74) is 3.75. The van der Waals surface area contributed by atoms with Gasteiger partial charge in [-0.3, -0.25) is 15.0 Å². The fourth-order valence-electron chi connectivity index (χ4n) is 1.90. The lowest BCUT2D eigenvalue weighted by molar-refractivity contribution is 0.0790. The Hall–Kier alpha value is -2.11. The molecular weight excluding hydrogens is 230 g/mol. The lowest BCUT2D eigenvalue weighted by atomic mass is 10.1. The molecule has 0 aliphatic rings. The smallest absolute Gasteiger partial charge is 0.271 e. The van der Waals surface area contributed by atoms with Gasteiger partial charge in [0.15, 0.2) is 0 Å². The maximum atomic E-state index is 12.0. The molecule has 18 heavy (non-hydrogen) atoms. The van der Waals surface area contributed by atoms with Crippen LogP contribution in [0.15, 0.2) is 12.3 Å². The summed E-state index contributed by atoms with van der Waals surface area (Å²) in [4.78, 5) is 13.6. The summed E-state index contributed by atoms with van der Waals surface area (Å²) >= 11 is 0. The fraction of sp³-hybridized carbons (Fsp3) is 0.417. The standard InChI is InChI=1S/C12H17N5O/c1-8-10(9(2)15-14-8)5-7-17(3)12(18)11-4-6-13-16-11/h4,6H,5,7H2,1-3H3,(H,13,16)(H,14,15). The molecule has 0 saturated carbocycles. The molecule has 0 aliphatic heterocycles. The largest absolute Gasteiger partial charge is 0.340 e. The first-order chi connectivity index (χ1) is 8.59. The van der Waals surface area contributed by atoms with E-state index in [1.807, 2.05) is 13.8 Å². The molecule has 0 unspecified atom stereocenters. The number of hydrogen-bond donors (Lipinski definition) is 2. The zero-order chi connectivity index (χ0) is 13.1. The van der Waals surface area contributed by atoms with Crippen molar-refractivity contribution >= 4 is 5.91 Å². The Morgan fingerprint density at radius 3 is 2.72 bits per heavy atom. The number of H-pyrrole nitrogens is 2. The van der Waals surface area contributed by atoms with Gasteiger partial charge in [-0.15, -0.1) is 0 Å². The average molecular weight is 247 g/mol. The molecule has 2 aromatic heterocycles. The van der Waals surface area contributed by atoms with E-state index in [4.69, 9.17) is 0 Å². The highest BCUT2D eigenvalue weighted by molar-refractivity contribution is 5.91. The third kappa shape index (κ3) is 2.42. The summed E-state index contributed by atoms with van der Waals surface area (Å²) < 4.78 is 0. The predicted molar refractivity (Wildman–Crippen MR) is 67.3 cm³/mol. The van der Waals surface area contributed by atoms with Gasteiger partial charge in [-0.1, -0.05) is 0 Å². The van der Waals surface area contributed by atoms with Crippen LogP contribution in [-0.2, 0) is 6.42 Å². The van der Waals surface area contributed by atoms with Crippen LogP contribution in [0.3, 0.4) is 0 Å². The third-order valence-corrected chi connectivity index (χ3v) is 3.06. The quantitative estimate of drug-likeness (QED) is 0.848. The molecule has 2 rings (SSSR count). The van der Waals surface area contributed by atoms with E-state index < -0.39 is 0 Å². The first-order valence-electron chi connectivity index (χ1n) is 5.85. The Morgan fingerprint density at radius 1 is 1.39 bits per heavy atom. The highest BCUT2D eigenvalue weighted by atomic mass is 16.2. The van der Waals surface area contributed by atoms with Gasteiger partial charge < -0.3 is 4.90 Å². The Bertz CT molecular complexity index is 509. The number of aromatic nitrogens is 4. The second-order valence-electron chi connectivity index (χ2n) is 4.36. The van der Waals surface area contributed by atoms with Crippen molar-refractivity contribution < 1.29 is 4.79 Å². The topological polar surface area (TPSA) is 77.7 Å². The molecule has 0 saturated heterocycles. The minimum atomic E-state index is -0.0497. The van der Waals surface area contributed by atoms with E-state index >= 15 is 0 Å². The van der Waals surface area contributed by atoms with E-state index in [1.165, 1.54) is 5.56 Å². The molecule has 6 heteroatoms. The Kier molecular flexibility index (Phi) is 3.45.